The van der Waals surface area contributed by atoms with Crippen LogP contribution in [-0.2, 0) is 6.42 Å². The summed E-state index contributed by atoms with van der Waals surface area (Å²) in [5.74, 6) is 1.10. The number of pyridine rings is 1. The van der Waals surface area contributed by atoms with Gasteiger partial charge in [-0.05, 0) is 30.3 Å². The van der Waals surface area contributed by atoms with Crippen molar-refractivity contribution in [1.82, 2.24) is 20.5 Å². The zero-order chi connectivity index (χ0) is 18.4. The Morgan fingerprint density at radius 1 is 1.15 bits per heavy atom. The van der Waals surface area contributed by atoms with Gasteiger partial charge in [-0.2, -0.15) is 5.10 Å². The Hall–Kier alpha value is -3.35. The Balaban J connectivity index is 1.66. The number of methoxy groups -OCH3 is 2. The van der Waals surface area contributed by atoms with Crippen molar-refractivity contribution in [2.75, 3.05) is 20.8 Å². The molecule has 0 saturated carbocycles. The molecule has 0 atom stereocenters. The Morgan fingerprint density at radius 2 is 2.04 bits per heavy atom. The van der Waals surface area contributed by atoms with Crippen LogP contribution in [0.15, 0.2) is 48.7 Å². The predicted molar refractivity (Wildman–Crippen MR) is 97.4 cm³/mol. The smallest absolute Gasteiger partial charge is 0.269 e. The van der Waals surface area contributed by atoms with Crippen LogP contribution in [0.2, 0.25) is 0 Å². The molecule has 0 aliphatic heterocycles. The maximum absolute atomic E-state index is 12.3. The van der Waals surface area contributed by atoms with E-state index in [1.54, 1.807) is 32.5 Å². The fraction of sp³-hybridized carbons (Fsp3) is 0.211. The lowest BCUT2D eigenvalue weighted by Crippen LogP contribution is -2.26. The first-order valence-corrected chi connectivity index (χ1v) is 8.17. The van der Waals surface area contributed by atoms with E-state index < -0.39 is 0 Å². The van der Waals surface area contributed by atoms with Gasteiger partial charge in [0.15, 0.2) is 0 Å². The second-order valence-electron chi connectivity index (χ2n) is 5.56. The van der Waals surface area contributed by atoms with Crippen LogP contribution in [0.1, 0.15) is 16.2 Å². The van der Waals surface area contributed by atoms with Crippen molar-refractivity contribution >= 4 is 5.91 Å². The normalized spacial score (nSPS) is 10.4. The lowest BCUT2D eigenvalue weighted by atomic mass is 10.1. The lowest BCUT2D eigenvalue weighted by molar-refractivity contribution is 0.0949. The molecule has 0 radical (unpaired) electrons. The second kappa shape index (κ2) is 8.15. The fourth-order valence-electron chi connectivity index (χ4n) is 2.53. The molecule has 3 aromatic rings. The average molecular weight is 352 g/mol. The van der Waals surface area contributed by atoms with Crippen LogP contribution in [0.25, 0.3) is 11.3 Å². The van der Waals surface area contributed by atoms with Crippen molar-refractivity contribution in [2.24, 2.45) is 0 Å². The molecule has 7 nitrogen and oxygen atoms in total. The number of hydrogen-bond acceptors (Lipinski definition) is 5. The van der Waals surface area contributed by atoms with E-state index >= 15 is 0 Å². The lowest BCUT2D eigenvalue weighted by Gasteiger charge is -2.08. The topological polar surface area (TPSA) is 89.1 Å². The Bertz CT molecular complexity index is 878. The van der Waals surface area contributed by atoms with Gasteiger partial charge in [0.05, 0.1) is 19.9 Å². The van der Waals surface area contributed by atoms with Crippen LogP contribution in [-0.4, -0.2) is 41.9 Å². The van der Waals surface area contributed by atoms with Gasteiger partial charge in [0.25, 0.3) is 5.91 Å². The molecule has 26 heavy (non-hydrogen) atoms. The molecule has 2 heterocycles. The molecule has 0 fully saturated rings. The Kier molecular flexibility index (Phi) is 5.48. The number of amides is 1. The van der Waals surface area contributed by atoms with Crippen molar-refractivity contribution in [1.29, 1.82) is 0 Å². The highest BCUT2D eigenvalue weighted by atomic mass is 16.5. The average Bonchev–Trinajstić information content (AvgIpc) is 3.18. The zero-order valence-electron chi connectivity index (χ0n) is 14.7. The number of aromatic amines is 1. The number of carbonyl (C=O) groups is 1. The summed E-state index contributed by atoms with van der Waals surface area (Å²) in [6.45, 7) is 0.496. The van der Waals surface area contributed by atoms with E-state index in [1.807, 2.05) is 30.3 Å². The van der Waals surface area contributed by atoms with E-state index in [2.05, 4.69) is 20.5 Å². The predicted octanol–water partition coefficient (Wildman–Crippen LogP) is 2.46. The standard InChI is InChI=1S/C19H20N4O3/c1-25-14-6-7-15(18(11-14)26-2)16-12-17(23-22-16)19(24)21-10-8-13-5-3-4-9-20-13/h3-7,9,11-12H,8,10H2,1-2H3,(H,21,24)(H,22,23). The van der Waals surface area contributed by atoms with Crippen LogP contribution < -0.4 is 14.8 Å². The largest absolute Gasteiger partial charge is 0.497 e. The van der Waals surface area contributed by atoms with Crippen molar-refractivity contribution in [3.63, 3.8) is 0 Å². The molecule has 0 aliphatic rings. The second-order valence-corrected chi connectivity index (χ2v) is 5.56. The summed E-state index contributed by atoms with van der Waals surface area (Å²) in [6, 6.07) is 12.8. The van der Waals surface area contributed by atoms with Gasteiger partial charge in [-0.15, -0.1) is 0 Å². The maximum atomic E-state index is 12.3. The minimum Gasteiger partial charge on any atom is -0.497 e. The van der Waals surface area contributed by atoms with Gasteiger partial charge in [0.2, 0.25) is 0 Å². The number of benzene rings is 1. The minimum atomic E-state index is -0.216. The maximum Gasteiger partial charge on any atom is 0.269 e. The van der Waals surface area contributed by atoms with Crippen LogP contribution in [0, 0.1) is 0 Å². The molecule has 0 aliphatic carbocycles. The highest BCUT2D eigenvalue weighted by molar-refractivity contribution is 5.93. The monoisotopic (exact) mass is 352 g/mol. The molecular formula is C19H20N4O3. The van der Waals surface area contributed by atoms with Crippen molar-refractivity contribution in [3.8, 4) is 22.8 Å². The molecule has 3 rings (SSSR count). The van der Waals surface area contributed by atoms with Gasteiger partial charge in [-0.1, -0.05) is 6.07 Å². The third-order valence-corrected chi connectivity index (χ3v) is 3.90. The summed E-state index contributed by atoms with van der Waals surface area (Å²) in [6.07, 6.45) is 2.40. The SMILES string of the molecule is COc1ccc(-c2cc(C(=O)NCCc3ccccn3)[nH]n2)c(OC)c1. The molecule has 1 aromatic carbocycles. The van der Waals surface area contributed by atoms with E-state index in [9.17, 15) is 4.79 Å². The van der Waals surface area contributed by atoms with E-state index in [-0.39, 0.29) is 5.91 Å². The molecule has 0 saturated heterocycles. The van der Waals surface area contributed by atoms with Crippen molar-refractivity contribution in [3.05, 3.63) is 60.0 Å². The molecule has 2 N–H and O–H groups in total. The first-order chi connectivity index (χ1) is 12.7. The first kappa shape index (κ1) is 17.5. The van der Waals surface area contributed by atoms with E-state index in [0.29, 0.717) is 35.9 Å². The molecule has 1 amide bonds. The summed E-state index contributed by atoms with van der Waals surface area (Å²) >= 11 is 0. The van der Waals surface area contributed by atoms with E-state index in [1.165, 1.54) is 0 Å². The number of rotatable bonds is 7. The zero-order valence-corrected chi connectivity index (χ0v) is 14.7. The number of hydrogen-bond donors (Lipinski definition) is 2. The summed E-state index contributed by atoms with van der Waals surface area (Å²) in [5, 5.41) is 9.84. The van der Waals surface area contributed by atoms with Crippen molar-refractivity contribution in [2.45, 2.75) is 6.42 Å². The minimum absolute atomic E-state index is 0.216. The number of aromatic nitrogens is 3. The van der Waals surface area contributed by atoms with Crippen LogP contribution in [0.5, 0.6) is 11.5 Å². The van der Waals surface area contributed by atoms with Gasteiger partial charge >= 0.3 is 0 Å². The molecule has 0 bridgehead atoms. The molecule has 2 aromatic heterocycles. The molecule has 7 heteroatoms. The number of nitrogens with zero attached hydrogens (tertiary/aromatic N) is 2. The summed E-state index contributed by atoms with van der Waals surface area (Å²) < 4.78 is 10.6. The first-order valence-electron chi connectivity index (χ1n) is 8.17. The molecule has 134 valence electrons. The Morgan fingerprint density at radius 3 is 2.77 bits per heavy atom. The summed E-state index contributed by atoms with van der Waals surface area (Å²) in [5.41, 5.74) is 2.72. The molecular weight excluding hydrogens is 332 g/mol. The van der Waals surface area contributed by atoms with E-state index in [4.69, 9.17) is 9.47 Å². The van der Waals surface area contributed by atoms with Gasteiger partial charge in [0.1, 0.15) is 17.2 Å². The molecule has 0 unspecified atom stereocenters. The number of H-pyrrole nitrogens is 1. The van der Waals surface area contributed by atoms with E-state index in [0.717, 1.165) is 11.3 Å². The van der Waals surface area contributed by atoms with Crippen molar-refractivity contribution < 1.29 is 14.3 Å². The molecule has 0 spiro atoms. The van der Waals surface area contributed by atoms with Crippen LogP contribution in [0.4, 0.5) is 0 Å². The number of nitrogens with one attached hydrogen (secondary N) is 2. The van der Waals surface area contributed by atoms with Gasteiger partial charge < -0.3 is 14.8 Å². The van der Waals surface area contributed by atoms with Crippen LogP contribution in [0.3, 0.4) is 0 Å². The number of ether oxygens (including phenoxy) is 2. The Labute approximate surface area is 151 Å². The third kappa shape index (κ3) is 4.00. The quantitative estimate of drug-likeness (QED) is 0.682. The highest BCUT2D eigenvalue weighted by Crippen LogP contribution is 2.32. The van der Waals surface area contributed by atoms with Gasteiger partial charge in [-0.25, -0.2) is 0 Å². The van der Waals surface area contributed by atoms with Gasteiger partial charge in [-0.3, -0.25) is 14.9 Å². The van der Waals surface area contributed by atoms with Gasteiger partial charge in [0, 0.05) is 36.5 Å². The highest BCUT2D eigenvalue weighted by Gasteiger charge is 2.14. The van der Waals surface area contributed by atoms with Crippen LogP contribution >= 0.6 is 0 Å². The fourth-order valence-corrected chi connectivity index (χ4v) is 2.53. The number of carbonyl (C=O) groups excluding carboxylic acids is 1. The summed E-state index contributed by atoms with van der Waals surface area (Å²) in [7, 11) is 3.17. The third-order valence-electron chi connectivity index (χ3n) is 3.90. The summed E-state index contributed by atoms with van der Waals surface area (Å²) in [4.78, 5) is 16.5.